The van der Waals surface area contributed by atoms with Crippen LogP contribution in [0.15, 0.2) is 182 Å². The maximum atomic E-state index is 2.37. The standard InChI is InChI=1S/C36H31P3/c1-7-19-31(20-8-1)38(32-21-9-2-10-22-32,33-23-11-3-12-24-33)37-39(34-25-13-4-14-26-34,35-27-15-5-16-28-35)36-29-17-6-18-30-36/h1-30,37H/q+2. The first-order valence-corrected chi connectivity index (χ1v) is 19.5. The van der Waals surface area contributed by atoms with E-state index >= 15 is 0 Å². The second-order valence-corrected chi connectivity index (χ2v) is 21.9. The molecule has 0 nitrogen and oxygen atoms in total. The predicted molar refractivity (Wildman–Crippen MR) is 179 cm³/mol. The van der Waals surface area contributed by atoms with Gasteiger partial charge in [0, 0.05) is 0 Å². The molecule has 0 N–H and O–H groups in total. The van der Waals surface area contributed by atoms with Crippen LogP contribution >= 0.6 is 21.9 Å². The van der Waals surface area contributed by atoms with Gasteiger partial charge in [0.2, 0.25) is 7.96 Å². The zero-order chi connectivity index (χ0) is 26.4. The van der Waals surface area contributed by atoms with Crippen molar-refractivity contribution in [2.24, 2.45) is 0 Å². The Labute approximate surface area is 235 Å². The Morgan fingerprint density at radius 3 is 0.538 bits per heavy atom. The molecule has 188 valence electrons. The van der Waals surface area contributed by atoms with Gasteiger partial charge >= 0.3 is 0 Å². The highest BCUT2D eigenvalue weighted by molar-refractivity contribution is 8.72. The summed E-state index contributed by atoms with van der Waals surface area (Å²) in [7, 11) is 0.642. The summed E-state index contributed by atoms with van der Waals surface area (Å²) in [4.78, 5) is 0. The highest BCUT2D eigenvalue weighted by atomic mass is 32.5. The largest absolute Gasteiger partial charge is 0.228 e. The van der Waals surface area contributed by atoms with Crippen LogP contribution in [-0.2, 0) is 0 Å². The Balaban J connectivity index is 1.76. The molecule has 0 heterocycles. The quantitative estimate of drug-likeness (QED) is 0.171. The molecule has 3 heteroatoms. The number of benzene rings is 6. The highest BCUT2D eigenvalue weighted by Crippen LogP contribution is 2.90. The molecule has 0 fully saturated rings. The Morgan fingerprint density at radius 1 is 0.231 bits per heavy atom. The van der Waals surface area contributed by atoms with E-state index in [9.17, 15) is 0 Å². The minimum absolute atomic E-state index is 0.642. The molecular weight excluding hydrogens is 525 g/mol. The van der Waals surface area contributed by atoms with Crippen LogP contribution in [0.25, 0.3) is 0 Å². The fraction of sp³-hybridized carbons (Fsp3) is 0. The summed E-state index contributed by atoms with van der Waals surface area (Å²) in [6, 6.07) is 67.9. The zero-order valence-electron chi connectivity index (χ0n) is 21.7. The van der Waals surface area contributed by atoms with Gasteiger partial charge in [-0.2, -0.15) is 0 Å². The van der Waals surface area contributed by atoms with Crippen molar-refractivity contribution in [2.45, 2.75) is 0 Å². The third-order valence-electron chi connectivity index (χ3n) is 7.16. The summed E-state index contributed by atoms with van der Waals surface area (Å²) >= 11 is 0. The summed E-state index contributed by atoms with van der Waals surface area (Å²) in [6.07, 6.45) is 0. The van der Waals surface area contributed by atoms with Gasteiger partial charge in [-0.15, -0.1) is 0 Å². The van der Waals surface area contributed by atoms with Crippen molar-refractivity contribution < 1.29 is 0 Å². The summed E-state index contributed by atoms with van der Waals surface area (Å²) in [5, 5.41) is 8.63. The third kappa shape index (κ3) is 4.91. The van der Waals surface area contributed by atoms with E-state index in [4.69, 9.17) is 0 Å². The van der Waals surface area contributed by atoms with Crippen molar-refractivity contribution in [3.63, 3.8) is 0 Å². The number of rotatable bonds is 8. The molecule has 0 aliphatic rings. The van der Waals surface area contributed by atoms with Crippen LogP contribution in [0.2, 0.25) is 0 Å². The molecule has 0 aliphatic heterocycles. The lowest BCUT2D eigenvalue weighted by Gasteiger charge is -2.33. The molecule has 39 heavy (non-hydrogen) atoms. The summed E-state index contributed by atoms with van der Waals surface area (Å²) < 4.78 is 0. The van der Waals surface area contributed by atoms with Crippen LogP contribution in [0.1, 0.15) is 0 Å². The van der Waals surface area contributed by atoms with E-state index in [1.807, 2.05) is 0 Å². The fourth-order valence-electron chi connectivity index (χ4n) is 5.38. The Morgan fingerprint density at radius 2 is 0.385 bits per heavy atom. The van der Waals surface area contributed by atoms with Crippen molar-refractivity contribution in [3.8, 4) is 0 Å². The maximum Gasteiger partial charge on any atom is 0.228 e. The molecule has 6 aromatic rings. The summed E-state index contributed by atoms with van der Waals surface area (Å²) in [6.45, 7) is -4.19. The number of hydrogen-bond donors (Lipinski definition) is 0. The molecule has 6 aromatic carbocycles. The SMILES string of the molecule is c1ccc([P+](P[P+](c2ccccc2)(c2ccccc2)c2ccccc2)(c2ccccc2)c2ccccc2)cc1. The molecule has 0 aromatic heterocycles. The van der Waals surface area contributed by atoms with Crippen LogP contribution in [0, 0.1) is 0 Å². The smallest absolute Gasteiger partial charge is 0.0620 e. The zero-order valence-corrected chi connectivity index (χ0v) is 24.5. The first kappa shape index (κ1) is 25.9. The second kappa shape index (κ2) is 11.8. The van der Waals surface area contributed by atoms with Crippen LogP contribution in [0.5, 0.6) is 0 Å². The molecule has 0 atom stereocenters. The Hall–Kier alpha value is -3.39. The number of hydrogen-bond acceptors (Lipinski definition) is 0. The van der Waals surface area contributed by atoms with Gasteiger partial charge < -0.3 is 0 Å². The van der Waals surface area contributed by atoms with E-state index in [1.54, 1.807) is 0 Å². The van der Waals surface area contributed by atoms with Crippen LogP contribution in [-0.4, -0.2) is 0 Å². The lowest BCUT2D eigenvalue weighted by Crippen LogP contribution is -2.33. The van der Waals surface area contributed by atoms with Crippen molar-refractivity contribution in [1.29, 1.82) is 0 Å². The normalized spacial score (nSPS) is 11.7. The average Bonchev–Trinajstić information content (AvgIpc) is 3.04. The Kier molecular flexibility index (Phi) is 7.81. The first-order valence-electron chi connectivity index (χ1n) is 13.3. The molecule has 0 spiro atoms. The lowest BCUT2D eigenvalue weighted by molar-refractivity contribution is 1.73. The Bertz CT molecular complexity index is 1270. The van der Waals surface area contributed by atoms with E-state index < -0.39 is 13.9 Å². The van der Waals surface area contributed by atoms with E-state index in [0.717, 1.165) is 0 Å². The molecule has 0 radical (unpaired) electrons. The lowest BCUT2D eigenvalue weighted by atomic mass is 10.4. The molecule has 0 aliphatic carbocycles. The monoisotopic (exact) mass is 556 g/mol. The topological polar surface area (TPSA) is 0 Å². The van der Waals surface area contributed by atoms with Gasteiger partial charge in [0.1, 0.15) is 31.8 Å². The van der Waals surface area contributed by atoms with Gasteiger partial charge in [0.05, 0.1) is 0 Å². The van der Waals surface area contributed by atoms with Crippen molar-refractivity contribution >= 4 is 53.7 Å². The summed E-state index contributed by atoms with van der Waals surface area (Å²) in [5.41, 5.74) is 0. The first-order chi connectivity index (χ1) is 19.3. The average molecular weight is 557 g/mol. The molecule has 6 rings (SSSR count). The fourth-order valence-corrected chi connectivity index (χ4v) is 28.4. The van der Waals surface area contributed by atoms with E-state index in [2.05, 4.69) is 182 Å². The maximum absolute atomic E-state index is 2.37. The molecule has 0 amide bonds. The van der Waals surface area contributed by atoms with Crippen molar-refractivity contribution in [2.75, 3.05) is 0 Å². The van der Waals surface area contributed by atoms with Crippen LogP contribution < -0.4 is 31.8 Å². The van der Waals surface area contributed by atoms with Crippen LogP contribution in [0.4, 0.5) is 0 Å². The van der Waals surface area contributed by atoms with Gasteiger partial charge in [-0.25, -0.2) is 0 Å². The minimum atomic E-state index is -2.09. The van der Waals surface area contributed by atoms with Gasteiger partial charge in [-0.05, 0) is 72.8 Å². The molecule has 0 saturated carbocycles. The van der Waals surface area contributed by atoms with E-state index in [-0.39, 0.29) is 0 Å². The summed E-state index contributed by atoms with van der Waals surface area (Å²) in [5.74, 6) is 0. The molecule has 0 unspecified atom stereocenters. The van der Waals surface area contributed by atoms with Crippen molar-refractivity contribution in [3.05, 3.63) is 182 Å². The van der Waals surface area contributed by atoms with E-state index in [0.29, 0.717) is 7.96 Å². The minimum Gasteiger partial charge on any atom is -0.0620 e. The van der Waals surface area contributed by atoms with E-state index in [1.165, 1.54) is 31.8 Å². The highest BCUT2D eigenvalue weighted by Gasteiger charge is 2.61. The predicted octanol–water partition coefficient (Wildman–Crippen LogP) is 7.48. The van der Waals surface area contributed by atoms with Gasteiger partial charge in [0.25, 0.3) is 0 Å². The molecule has 0 bridgehead atoms. The molecule has 0 saturated heterocycles. The second-order valence-electron chi connectivity index (χ2n) is 9.45. The van der Waals surface area contributed by atoms with Gasteiger partial charge in [-0.1, -0.05) is 109 Å². The van der Waals surface area contributed by atoms with Gasteiger partial charge in [0.15, 0.2) is 13.9 Å². The third-order valence-corrected chi connectivity index (χ3v) is 26.0. The van der Waals surface area contributed by atoms with Gasteiger partial charge in [-0.3, -0.25) is 0 Å². The molecular formula is C36H31P3+2. The van der Waals surface area contributed by atoms with Crippen LogP contribution in [0.3, 0.4) is 0 Å². The van der Waals surface area contributed by atoms with Crippen molar-refractivity contribution in [1.82, 2.24) is 0 Å².